The summed E-state index contributed by atoms with van der Waals surface area (Å²) in [5, 5.41) is 9.57. The second-order valence-corrected chi connectivity index (χ2v) is 6.05. The van der Waals surface area contributed by atoms with Gasteiger partial charge in [0, 0.05) is 12.1 Å². The molecule has 25 heavy (non-hydrogen) atoms. The highest BCUT2D eigenvalue weighted by Gasteiger charge is 2.12. The molecule has 0 aliphatic heterocycles. The first-order chi connectivity index (χ1) is 12.1. The second-order valence-electron chi connectivity index (χ2n) is 5.10. The van der Waals surface area contributed by atoms with E-state index in [9.17, 15) is 13.6 Å². The molecule has 0 atom stereocenters. The van der Waals surface area contributed by atoms with Crippen LogP contribution in [0.5, 0.6) is 0 Å². The van der Waals surface area contributed by atoms with Crippen LogP contribution in [0.3, 0.4) is 0 Å². The number of carbonyl (C=O) groups excluding carboxylic acids is 1. The molecule has 0 aliphatic carbocycles. The molecule has 1 aromatic heterocycles. The maximum Gasteiger partial charge on any atom is 0.230 e. The number of aromatic nitrogens is 3. The van der Waals surface area contributed by atoms with Crippen LogP contribution in [0.1, 0.15) is 5.56 Å². The van der Waals surface area contributed by atoms with E-state index in [0.717, 1.165) is 11.8 Å². The number of hydrogen-bond donors (Lipinski definition) is 2. The Labute approximate surface area is 146 Å². The molecule has 1 heterocycles. The number of H-pyrrole nitrogens is 1. The third kappa shape index (κ3) is 4.42. The lowest BCUT2D eigenvalue weighted by molar-refractivity contribution is -0.118. The number of carbonyl (C=O) groups is 1. The van der Waals surface area contributed by atoms with Gasteiger partial charge >= 0.3 is 0 Å². The molecule has 0 fully saturated rings. The monoisotopic (exact) mass is 360 g/mol. The van der Waals surface area contributed by atoms with Crippen LogP contribution < -0.4 is 5.32 Å². The van der Waals surface area contributed by atoms with Crippen LogP contribution in [0.15, 0.2) is 53.7 Å². The van der Waals surface area contributed by atoms with Crippen molar-refractivity contribution in [1.29, 1.82) is 0 Å². The summed E-state index contributed by atoms with van der Waals surface area (Å²) in [4.78, 5) is 16.0. The van der Waals surface area contributed by atoms with Crippen molar-refractivity contribution in [1.82, 2.24) is 20.5 Å². The van der Waals surface area contributed by atoms with Crippen LogP contribution in [-0.4, -0.2) is 26.8 Å². The van der Waals surface area contributed by atoms with Crippen molar-refractivity contribution < 1.29 is 13.6 Å². The number of aromatic amines is 1. The van der Waals surface area contributed by atoms with Crippen LogP contribution in [0, 0.1) is 11.6 Å². The SMILES string of the molecule is O=C(CSc1n[nH]c(-c2ccccc2F)n1)NCc1ccccc1F. The summed E-state index contributed by atoms with van der Waals surface area (Å²) in [7, 11) is 0. The zero-order valence-corrected chi connectivity index (χ0v) is 13.8. The normalized spacial score (nSPS) is 10.6. The fourth-order valence-electron chi connectivity index (χ4n) is 2.10. The highest BCUT2D eigenvalue weighted by molar-refractivity contribution is 7.99. The van der Waals surface area contributed by atoms with Crippen molar-refractivity contribution in [2.24, 2.45) is 0 Å². The van der Waals surface area contributed by atoms with Gasteiger partial charge in [-0.05, 0) is 18.2 Å². The first kappa shape index (κ1) is 17.1. The average molecular weight is 360 g/mol. The summed E-state index contributed by atoms with van der Waals surface area (Å²) in [5.41, 5.74) is 0.728. The summed E-state index contributed by atoms with van der Waals surface area (Å²) in [6, 6.07) is 12.5. The molecular formula is C17H14F2N4OS. The first-order valence-corrected chi connectivity index (χ1v) is 8.42. The zero-order valence-electron chi connectivity index (χ0n) is 13.0. The van der Waals surface area contributed by atoms with Crippen LogP contribution in [0.4, 0.5) is 8.78 Å². The Bertz CT molecular complexity index is 884. The van der Waals surface area contributed by atoms with Gasteiger partial charge in [-0.1, -0.05) is 42.1 Å². The molecule has 0 aliphatic rings. The highest BCUT2D eigenvalue weighted by Crippen LogP contribution is 2.21. The molecule has 1 amide bonds. The Balaban J connectivity index is 1.53. The Morgan fingerprint density at radius 3 is 2.56 bits per heavy atom. The van der Waals surface area contributed by atoms with Crippen LogP contribution in [0.2, 0.25) is 0 Å². The van der Waals surface area contributed by atoms with Gasteiger partial charge in [-0.25, -0.2) is 13.8 Å². The molecule has 0 bridgehead atoms. The zero-order chi connectivity index (χ0) is 17.6. The van der Waals surface area contributed by atoms with Gasteiger partial charge < -0.3 is 5.32 Å². The number of thioether (sulfide) groups is 1. The molecule has 0 saturated carbocycles. The highest BCUT2D eigenvalue weighted by atomic mass is 32.2. The summed E-state index contributed by atoms with van der Waals surface area (Å²) < 4.78 is 27.2. The van der Waals surface area contributed by atoms with Crippen molar-refractivity contribution in [3.63, 3.8) is 0 Å². The predicted octanol–water partition coefficient (Wildman–Crippen LogP) is 3.16. The first-order valence-electron chi connectivity index (χ1n) is 7.43. The molecule has 128 valence electrons. The van der Waals surface area contributed by atoms with E-state index in [2.05, 4.69) is 20.5 Å². The standard InChI is InChI=1S/C17H14F2N4OS/c18-13-7-3-1-5-11(13)9-20-15(24)10-25-17-21-16(22-23-17)12-6-2-4-8-14(12)19/h1-8H,9-10H2,(H,20,24)(H,21,22,23). The van der Waals surface area contributed by atoms with E-state index in [0.29, 0.717) is 22.1 Å². The minimum Gasteiger partial charge on any atom is -0.351 e. The number of hydrogen-bond acceptors (Lipinski definition) is 4. The molecule has 2 aromatic carbocycles. The van der Waals surface area contributed by atoms with Gasteiger partial charge in [0.25, 0.3) is 0 Å². The fourth-order valence-corrected chi connectivity index (χ4v) is 2.73. The van der Waals surface area contributed by atoms with Gasteiger partial charge in [0.15, 0.2) is 5.82 Å². The lowest BCUT2D eigenvalue weighted by Gasteiger charge is -2.05. The molecule has 0 spiro atoms. The van der Waals surface area contributed by atoms with Crippen LogP contribution in [0.25, 0.3) is 11.4 Å². The van der Waals surface area contributed by atoms with E-state index in [-0.39, 0.29) is 24.0 Å². The Morgan fingerprint density at radius 1 is 1.08 bits per heavy atom. The van der Waals surface area contributed by atoms with Crippen molar-refractivity contribution >= 4 is 17.7 Å². The Hall–Kier alpha value is -2.74. The van der Waals surface area contributed by atoms with Gasteiger partial charge in [-0.15, -0.1) is 5.10 Å². The van der Waals surface area contributed by atoms with E-state index < -0.39 is 5.82 Å². The minimum absolute atomic E-state index is 0.0724. The maximum atomic E-state index is 13.7. The number of benzene rings is 2. The summed E-state index contributed by atoms with van der Waals surface area (Å²) >= 11 is 1.11. The molecule has 0 radical (unpaired) electrons. The molecule has 0 saturated heterocycles. The van der Waals surface area contributed by atoms with E-state index in [4.69, 9.17) is 0 Å². The molecular weight excluding hydrogens is 346 g/mol. The van der Waals surface area contributed by atoms with Gasteiger partial charge in [-0.3, -0.25) is 9.89 Å². The summed E-state index contributed by atoms with van der Waals surface area (Å²) in [5.74, 6) is -0.669. The van der Waals surface area contributed by atoms with Gasteiger partial charge in [-0.2, -0.15) is 0 Å². The third-order valence-corrected chi connectivity index (χ3v) is 4.21. The van der Waals surface area contributed by atoms with Gasteiger partial charge in [0.05, 0.1) is 11.3 Å². The predicted molar refractivity (Wildman–Crippen MR) is 90.7 cm³/mol. The quantitative estimate of drug-likeness (QED) is 0.663. The van der Waals surface area contributed by atoms with E-state index in [1.165, 1.54) is 12.1 Å². The minimum atomic E-state index is -0.405. The third-order valence-electron chi connectivity index (χ3n) is 3.36. The number of halogens is 2. The molecule has 3 aromatic rings. The molecule has 5 nitrogen and oxygen atoms in total. The molecule has 3 rings (SSSR count). The lowest BCUT2D eigenvalue weighted by atomic mass is 10.2. The molecule has 0 unspecified atom stereocenters. The maximum absolute atomic E-state index is 13.7. The lowest BCUT2D eigenvalue weighted by Crippen LogP contribution is -2.25. The number of nitrogens with one attached hydrogen (secondary N) is 2. The van der Waals surface area contributed by atoms with E-state index in [1.807, 2.05) is 0 Å². The van der Waals surface area contributed by atoms with E-state index >= 15 is 0 Å². The summed E-state index contributed by atoms with van der Waals surface area (Å²) in [6.45, 7) is 0.112. The van der Waals surface area contributed by atoms with Crippen molar-refractivity contribution in [3.8, 4) is 11.4 Å². The van der Waals surface area contributed by atoms with Gasteiger partial charge in [0.2, 0.25) is 11.1 Å². The molecule has 8 heteroatoms. The van der Waals surface area contributed by atoms with Crippen molar-refractivity contribution in [2.75, 3.05) is 5.75 Å². The average Bonchev–Trinajstić information content (AvgIpc) is 3.08. The van der Waals surface area contributed by atoms with Crippen LogP contribution in [-0.2, 0) is 11.3 Å². The number of nitrogens with zero attached hydrogens (tertiary/aromatic N) is 2. The molecule has 2 N–H and O–H groups in total. The Morgan fingerprint density at radius 2 is 1.80 bits per heavy atom. The second kappa shape index (κ2) is 7.89. The van der Waals surface area contributed by atoms with Crippen molar-refractivity contribution in [3.05, 3.63) is 65.7 Å². The Kier molecular flexibility index (Phi) is 5.39. The fraction of sp³-hybridized carbons (Fsp3) is 0.118. The van der Waals surface area contributed by atoms with Crippen molar-refractivity contribution in [2.45, 2.75) is 11.7 Å². The van der Waals surface area contributed by atoms with E-state index in [1.54, 1.807) is 36.4 Å². The van der Waals surface area contributed by atoms with Gasteiger partial charge in [0.1, 0.15) is 11.6 Å². The largest absolute Gasteiger partial charge is 0.351 e. The number of rotatable bonds is 6. The summed E-state index contributed by atoms with van der Waals surface area (Å²) in [6.07, 6.45) is 0. The topological polar surface area (TPSA) is 70.7 Å². The number of amides is 1. The van der Waals surface area contributed by atoms with Crippen LogP contribution >= 0.6 is 11.8 Å². The smallest absolute Gasteiger partial charge is 0.230 e.